The van der Waals surface area contributed by atoms with Crippen molar-refractivity contribution in [1.82, 2.24) is 4.90 Å². The number of rotatable bonds is 2. The zero-order valence-corrected chi connectivity index (χ0v) is 6.82. The van der Waals surface area contributed by atoms with Crippen molar-refractivity contribution in [2.45, 2.75) is 13.0 Å². The molecule has 0 aromatic heterocycles. The number of aliphatic hydroxyl groups excluding tert-OH is 1. The maximum absolute atomic E-state index is 11.0. The van der Waals surface area contributed by atoms with Crippen LogP contribution in [0.5, 0.6) is 0 Å². The van der Waals surface area contributed by atoms with E-state index in [2.05, 4.69) is 4.74 Å². The van der Waals surface area contributed by atoms with Crippen LogP contribution in [0.1, 0.15) is 6.92 Å². The topological polar surface area (TPSA) is 66.8 Å². The molecule has 0 radical (unpaired) electrons. The molecule has 1 aliphatic rings. The third-order valence-electron chi connectivity index (χ3n) is 1.51. The van der Waals surface area contributed by atoms with Crippen LogP contribution in [0, 0.1) is 0 Å². The number of esters is 1. The summed E-state index contributed by atoms with van der Waals surface area (Å²) in [5, 5.41) is 8.96. The molecule has 68 valence electrons. The molecule has 12 heavy (non-hydrogen) atoms. The molecular formula is C7H11NO4. The average Bonchev–Trinajstić information content (AvgIpc) is 1.96. The van der Waals surface area contributed by atoms with Crippen molar-refractivity contribution in [3.63, 3.8) is 0 Å². The van der Waals surface area contributed by atoms with Crippen molar-refractivity contribution in [2.24, 2.45) is 0 Å². The fraction of sp³-hybridized carbons (Fsp3) is 0.714. The van der Waals surface area contributed by atoms with Gasteiger partial charge in [-0.1, -0.05) is 0 Å². The summed E-state index contributed by atoms with van der Waals surface area (Å²) in [6.07, 6.45) is -0.611. The van der Waals surface area contributed by atoms with E-state index in [4.69, 9.17) is 5.11 Å². The van der Waals surface area contributed by atoms with Gasteiger partial charge in [0.1, 0.15) is 6.54 Å². The number of carbonyl (C=O) groups excluding carboxylic acids is 2. The van der Waals surface area contributed by atoms with E-state index in [1.807, 2.05) is 0 Å². The van der Waals surface area contributed by atoms with E-state index in [1.54, 1.807) is 6.92 Å². The molecule has 0 aromatic carbocycles. The molecule has 1 aliphatic heterocycles. The number of β-amino-alcohol motifs (C(OH)–C–C–N with tert-alkyl or cyclic N) is 1. The van der Waals surface area contributed by atoms with E-state index >= 15 is 0 Å². The summed E-state index contributed by atoms with van der Waals surface area (Å²) < 4.78 is 4.49. The first kappa shape index (κ1) is 8.99. The zero-order chi connectivity index (χ0) is 9.14. The summed E-state index contributed by atoms with van der Waals surface area (Å²) in [6, 6.07) is 0. The molecule has 1 atom stereocenters. The Bertz CT molecular complexity index is 202. The van der Waals surface area contributed by atoms with Gasteiger partial charge in [0, 0.05) is 6.54 Å². The van der Waals surface area contributed by atoms with Gasteiger partial charge < -0.3 is 14.7 Å². The van der Waals surface area contributed by atoms with Crippen molar-refractivity contribution < 1.29 is 19.4 Å². The quantitative estimate of drug-likeness (QED) is 0.530. The fourth-order valence-corrected chi connectivity index (χ4v) is 1.01. The molecule has 0 bridgehead atoms. The lowest BCUT2D eigenvalue weighted by Gasteiger charge is -2.26. The Morgan fingerprint density at radius 3 is 2.92 bits per heavy atom. The van der Waals surface area contributed by atoms with Gasteiger partial charge >= 0.3 is 5.97 Å². The normalized spacial score (nSPS) is 20.7. The van der Waals surface area contributed by atoms with Gasteiger partial charge in [0.05, 0.1) is 6.10 Å². The molecule has 0 spiro atoms. The van der Waals surface area contributed by atoms with Crippen LogP contribution in [0.4, 0.5) is 0 Å². The maximum atomic E-state index is 11.0. The lowest BCUT2D eigenvalue weighted by atomic mass is 10.3. The Hall–Kier alpha value is -1.10. The summed E-state index contributed by atoms with van der Waals surface area (Å²) in [7, 11) is 0. The molecule has 1 N–H and O–H groups in total. The third-order valence-corrected chi connectivity index (χ3v) is 1.51. The highest BCUT2D eigenvalue weighted by atomic mass is 16.5. The highest BCUT2D eigenvalue weighted by Gasteiger charge is 2.25. The molecule has 5 nitrogen and oxygen atoms in total. The van der Waals surface area contributed by atoms with Crippen molar-refractivity contribution in [1.29, 1.82) is 0 Å². The summed E-state index contributed by atoms with van der Waals surface area (Å²) in [6.45, 7) is 1.50. The minimum atomic E-state index is -0.611. The molecule has 5 heteroatoms. The molecule has 1 heterocycles. The highest BCUT2D eigenvalue weighted by Crippen LogP contribution is 2.01. The van der Waals surface area contributed by atoms with E-state index in [9.17, 15) is 9.59 Å². The summed E-state index contributed by atoms with van der Waals surface area (Å²) in [5.41, 5.74) is 0. The van der Waals surface area contributed by atoms with Crippen LogP contribution in [0.15, 0.2) is 0 Å². The van der Waals surface area contributed by atoms with Crippen LogP contribution < -0.4 is 0 Å². The Balaban J connectivity index is 2.49. The van der Waals surface area contributed by atoms with E-state index in [-0.39, 0.29) is 25.6 Å². The average molecular weight is 173 g/mol. The SMILES string of the molecule is CC(O)CN1CC(=O)OCC1=O. The summed E-state index contributed by atoms with van der Waals surface area (Å²) in [4.78, 5) is 23.0. The molecule has 1 amide bonds. The number of cyclic esters (lactones) is 1. The van der Waals surface area contributed by atoms with E-state index < -0.39 is 12.1 Å². The van der Waals surface area contributed by atoms with Crippen molar-refractivity contribution in [3.05, 3.63) is 0 Å². The van der Waals surface area contributed by atoms with E-state index in [0.29, 0.717) is 0 Å². The maximum Gasteiger partial charge on any atom is 0.326 e. The van der Waals surface area contributed by atoms with Crippen molar-refractivity contribution in [3.8, 4) is 0 Å². The number of nitrogens with zero attached hydrogens (tertiary/aromatic N) is 1. The van der Waals surface area contributed by atoms with E-state index in [0.717, 1.165) is 0 Å². The predicted molar refractivity (Wildman–Crippen MR) is 39.2 cm³/mol. The van der Waals surface area contributed by atoms with Crippen LogP contribution in [-0.4, -0.2) is 47.7 Å². The molecule has 1 fully saturated rings. The van der Waals surface area contributed by atoms with Crippen molar-refractivity contribution in [2.75, 3.05) is 19.7 Å². The minimum absolute atomic E-state index is 0.0519. The Morgan fingerprint density at radius 1 is 1.67 bits per heavy atom. The standard InChI is InChI=1S/C7H11NO4/c1-5(9)2-8-3-7(11)12-4-6(8)10/h5,9H,2-4H2,1H3. The largest absolute Gasteiger partial charge is 0.454 e. The predicted octanol–water partition coefficient (Wildman–Crippen LogP) is -1.25. The van der Waals surface area contributed by atoms with Crippen LogP contribution in [-0.2, 0) is 14.3 Å². The molecule has 1 saturated heterocycles. The molecule has 1 unspecified atom stereocenters. The second-order valence-corrected chi connectivity index (χ2v) is 2.78. The first-order valence-corrected chi connectivity index (χ1v) is 3.71. The number of morpholine rings is 1. The molecular weight excluding hydrogens is 162 g/mol. The number of amides is 1. The highest BCUT2D eigenvalue weighted by molar-refractivity contribution is 5.88. The molecule has 0 aromatic rings. The minimum Gasteiger partial charge on any atom is -0.454 e. The Morgan fingerprint density at radius 2 is 2.33 bits per heavy atom. The van der Waals surface area contributed by atoms with Gasteiger partial charge in [0.15, 0.2) is 6.61 Å². The number of aliphatic hydroxyl groups is 1. The summed E-state index contributed by atoms with van der Waals surface area (Å²) >= 11 is 0. The number of carbonyl (C=O) groups is 2. The van der Waals surface area contributed by atoms with E-state index in [1.165, 1.54) is 4.90 Å². The lowest BCUT2D eigenvalue weighted by Crippen LogP contribution is -2.47. The van der Waals surface area contributed by atoms with Crippen LogP contribution in [0.2, 0.25) is 0 Å². The summed E-state index contributed by atoms with van der Waals surface area (Å²) in [5.74, 6) is -0.675. The number of hydrogen-bond donors (Lipinski definition) is 1. The molecule has 0 aliphatic carbocycles. The third kappa shape index (κ3) is 2.20. The molecule has 0 saturated carbocycles. The molecule has 1 rings (SSSR count). The van der Waals surface area contributed by atoms with Crippen LogP contribution in [0.25, 0.3) is 0 Å². The van der Waals surface area contributed by atoms with Gasteiger partial charge in [-0.2, -0.15) is 0 Å². The van der Waals surface area contributed by atoms with Gasteiger partial charge in [-0.25, -0.2) is 0 Å². The second kappa shape index (κ2) is 3.53. The lowest BCUT2D eigenvalue weighted by molar-refractivity contribution is -0.163. The Labute approximate surface area is 69.9 Å². The smallest absolute Gasteiger partial charge is 0.326 e. The van der Waals surface area contributed by atoms with Crippen LogP contribution >= 0.6 is 0 Å². The first-order chi connectivity index (χ1) is 5.59. The zero-order valence-electron chi connectivity index (χ0n) is 6.82. The van der Waals surface area contributed by atoms with Crippen LogP contribution in [0.3, 0.4) is 0 Å². The number of ether oxygens (including phenoxy) is 1. The van der Waals surface area contributed by atoms with Gasteiger partial charge in [-0.3, -0.25) is 9.59 Å². The second-order valence-electron chi connectivity index (χ2n) is 2.78. The van der Waals surface area contributed by atoms with Crippen molar-refractivity contribution >= 4 is 11.9 Å². The monoisotopic (exact) mass is 173 g/mol. The van der Waals surface area contributed by atoms with Gasteiger partial charge in [-0.15, -0.1) is 0 Å². The fourth-order valence-electron chi connectivity index (χ4n) is 1.01. The van der Waals surface area contributed by atoms with Gasteiger partial charge in [0.2, 0.25) is 0 Å². The van der Waals surface area contributed by atoms with Gasteiger partial charge in [0.25, 0.3) is 5.91 Å². The number of hydrogen-bond acceptors (Lipinski definition) is 4. The first-order valence-electron chi connectivity index (χ1n) is 3.71. The Kier molecular flexibility index (Phi) is 2.65. The van der Waals surface area contributed by atoms with Gasteiger partial charge in [-0.05, 0) is 6.92 Å².